The van der Waals surface area contributed by atoms with Crippen LogP contribution in [0.25, 0.3) is 10.4 Å². The normalized spacial score (nSPS) is 14.3. The van der Waals surface area contributed by atoms with Gasteiger partial charge in [-0.25, -0.2) is 8.42 Å². The van der Waals surface area contributed by atoms with Gasteiger partial charge in [0.25, 0.3) is 9.05 Å². The lowest BCUT2D eigenvalue weighted by molar-refractivity contribution is 0.357. The van der Waals surface area contributed by atoms with Gasteiger partial charge in [-0.3, -0.25) is 0 Å². The molecular weight excluding hydrogens is 292 g/mol. The molecule has 18 heavy (non-hydrogen) atoms. The van der Waals surface area contributed by atoms with Crippen LogP contribution in [0.5, 0.6) is 5.75 Å². The lowest BCUT2D eigenvalue weighted by Gasteiger charge is -2.01. The van der Waals surface area contributed by atoms with E-state index in [9.17, 15) is 8.42 Å². The topological polar surface area (TPSA) is 43.4 Å². The summed E-state index contributed by atoms with van der Waals surface area (Å²) >= 11 is 1.18. The Kier molecular flexibility index (Phi) is 2.84. The minimum absolute atomic E-state index is 0.177. The SMILES string of the molecule is O=S(=O)(Cl)c1ccc(-c2ccc3c(c2)CCO3)s1. The molecule has 0 atom stereocenters. The van der Waals surface area contributed by atoms with Crippen LogP contribution in [0.4, 0.5) is 0 Å². The number of ether oxygens (including phenoxy) is 1. The number of rotatable bonds is 2. The third-order valence-corrected chi connectivity index (χ3v) is 6.02. The van der Waals surface area contributed by atoms with Gasteiger partial charge in [-0.2, -0.15) is 0 Å². The van der Waals surface area contributed by atoms with Gasteiger partial charge in [-0.1, -0.05) is 0 Å². The highest BCUT2D eigenvalue weighted by Gasteiger charge is 2.16. The summed E-state index contributed by atoms with van der Waals surface area (Å²) in [6.07, 6.45) is 0.898. The van der Waals surface area contributed by atoms with Crippen LogP contribution in [-0.4, -0.2) is 15.0 Å². The summed E-state index contributed by atoms with van der Waals surface area (Å²) < 4.78 is 28.1. The molecule has 0 N–H and O–H groups in total. The van der Waals surface area contributed by atoms with E-state index in [4.69, 9.17) is 15.4 Å². The van der Waals surface area contributed by atoms with Gasteiger partial charge in [-0.05, 0) is 41.5 Å². The van der Waals surface area contributed by atoms with Crippen LogP contribution in [0.2, 0.25) is 0 Å². The highest BCUT2D eigenvalue weighted by atomic mass is 35.7. The molecule has 94 valence electrons. The van der Waals surface area contributed by atoms with E-state index in [0.717, 1.165) is 28.2 Å². The number of benzene rings is 1. The van der Waals surface area contributed by atoms with E-state index < -0.39 is 9.05 Å². The average Bonchev–Trinajstić information content (AvgIpc) is 2.96. The van der Waals surface area contributed by atoms with Crippen LogP contribution in [0.3, 0.4) is 0 Å². The number of halogens is 1. The number of hydrogen-bond acceptors (Lipinski definition) is 4. The van der Waals surface area contributed by atoms with Crippen molar-refractivity contribution in [2.24, 2.45) is 0 Å². The van der Waals surface area contributed by atoms with Crippen molar-refractivity contribution in [3.63, 3.8) is 0 Å². The Labute approximate surface area is 113 Å². The molecule has 1 aromatic heterocycles. The molecule has 0 fully saturated rings. The van der Waals surface area contributed by atoms with Gasteiger partial charge in [0.1, 0.15) is 9.96 Å². The lowest BCUT2D eigenvalue weighted by atomic mass is 10.1. The van der Waals surface area contributed by atoms with Gasteiger partial charge < -0.3 is 4.74 Å². The first-order valence-corrected chi connectivity index (χ1v) is 8.47. The fraction of sp³-hybridized carbons (Fsp3) is 0.167. The Morgan fingerprint density at radius 3 is 2.78 bits per heavy atom. The van der Waals surface area contributed by atoms with Gasteiger partial charge >= 0.3 is 0 Å². The molecule has 0 saturated carbocycles. The monoisotopic (exact) mass is 300 g/mol. The van der Waals surface area contributed by atoms with Gasteiger partial charge in [0, 0.05) is 22.0 Å². The summed E-state index contributed by atoms with van der Waals surface area (Å²) in [4.78, 5) is 0.893. The van der Waals surface area contributed by atoms with Crippen LogP contribution < -0.4 is 4.74 Å². The van der Waals surface area contributed by atoms with Crippen molar-refractivity contribution >= 4 is 31.1 Å². The summed E-state index contributed by atoms with van der Waals surface area (Å²) in [5.74, 6) is 0.917. The van der Waals surface area contributed by atoms with Crippen LogP contribution in [0, 0.1) is 0 Å². The van der Waals surface area contributed by atoms with Crippen LogP contribution in [0.1, 0.15) is 5.56 Å². The summed E-state index contributed by atoms with van der Waals surface area (Å²) in [5, 5.41) is 0. The Morgan fingerprint density at radius 1 is 1.22 bits per heavy atom. The lowest BCUT2D eigenvalue weighted by Crippen LogP contribution is -1.85. The predicted molar refractivity (Wildman–Crippen MR) is 72.0 cm³/mol. The van der Waals surface area contributed by atoms with Crippen molar-refractivity contribution in [1.82, 2.24) is 0 Å². The zero-order chi connectivity index (χ0) is 12.8. The molecule has 2 aromatic rings. The van der Waals surface area contributed by atoms with Crippen molar-refractivity contribution in [2.75, 3.05) is 6.61 Å². The first-order valence-electron chi connectivity index (χ1n) is 5.35. The van der Waals surface area contributed by atoms with Crippen LogP contribution >= 0.6 is 22.0 Å². The largest absolute Gasteiger partial charge is 0.493 e. The zero-order valence-corrected chi connectivity index (χ0v) is 11.6. The molecule has 3 rings (SSSR count). The quantitative estimate of drug-likeness (QED) is 0.799. The maximum Gasteiger partial charge on any atom is 0.270 e. The summed E-state index contributed by atoms with van der Waals surface area (Å²) in [6.45, 7) is 0.713. The molecule has 0 unspecified atom stereocenters. The zero-order valence-electron chi connectivity index (χ0n) is 9.22. The Morgan fingerprint density at radius 2 is 2.06 bits per heavy atom. The van der Waals surface area contributed by atoms with Crippen molar-refractivity contribution in [3.8, 4) is 16.2 Å². The number of hydrogen-bond donors (Lipinski definition) is 0. The van der Waals surface area contributed by atoms with Crippen molar-refractivity contribution in [3.05, 3.63) is 35.9 Å². The molecule has 1 aliphatic rings. The third kappa shape index (κ3) is 2.13. The molecule has 0 aliphatic carbocycles. The maximum absolute atomic E-state index is 11.2. The number of thiophene rings is 1. The van der Waals surface area contributed by atoms with E-state index >= 15 is 0 Å². The third-order valence-electron chi connectivity index (χ3n) is 2.80. The van der Waals surface area contributed by atoms with Crippen molar-refractivity contribution in [2.45, 2.75) is 10.6 Å². The van der Waals surface area contributed by atoms with E-state index in [1.807, 2.05) is 18.2 Å². The molecule has 0 saturated heterocycles. The molecule has 0 radical (unpaired) electrons. The van der Waals surface area contributed by atoms with Crippen LogP contribution in [-0.2, 0) is 15.5 Å². The first-order chi connectivity index (χ1) is 8.54. The molecule has 2 heterocycles. The Hall–Kier alpha value is -1.04. The molecule has 3 nitrogen and oxygen atoms in total. The Bertz CT molecular complexity index is 704. The Balaban J connectivity index is 2.03. The fourth-order valence-corrected chi connectivity index (χ4v) is 4.02. The van der Waals surface area contributed by atoms with Gasteiger partial charge in [0.05, 0.1) is 6.61 Å². The molecule has 1 aromatic carbocycles. The standard InChI is InChI=1S/C12H9ClO3S2/c13-18(14,15)12-4-3-11(17-12)9-1-2-10-8(7-9)5-6-16-10/h1-4,7H,5-6H2. The summed E-state index contributed by atoms with van der Waals surface area (Å²) in [7, 11) is 1.68. The van der Waals surface area contributed by atoms with E-state index in [2.05, 4.69) is 0 Å². The van der Waals surface area contributed by atoms with Crippen molar-refractivity contribution < 1.29 is 13.2 Å². The van der Waals surface area contributed by atoms with Crippen LogP contribution in [0.15, 0.2) is 34.5 Å². The molecular formula is C12H9ClO3S2. The summed E-state index contributed by atoms with van der Waals surface area (Å²) in [5.41, 5.74) is 2.16. The summed E-state index contributed by atoms with van der Waals surface area (Å²) in [6, 6.07) is 9.20. The van der Waals surface area contributed by atoms with E-state index in [0.29, 0.717) is 6.61 Å². The van der Waals surface area contributed by atoms with Gasteiger partial charge in [-0.15, -0.1) is 11.3 Å². The highest BCUT2D eigenvalue weighted by Crippen LogP contribution is 2.35. The smallest absolute Gasteiger partial charge is 0.270 e. The minimum Gasteiger partial charge on any atom is -0.493 e. The molecule has 1 aliphatic heterocycles. The highest BCUT2D eigenvalue weighted by molar-refractivity contribution is 8.15. The molecule has 6 heteroatoms. The van der Waals surface area contributed by atoms with E-state index in [-0.39, 0.29) is 4.21 Å². The average molecular weight is 301 g/mol. The van der Waals surface area contributed by atoms with Crippen molar-refractivity contribution in [1.29, 1.82) is 0 Å². The second kappa shape index (κ2) is 4.26. The van der Waals surface area contributed by atoms with Gasteiger partial charge in [0.2, 0.25) is 0 Å². The van der Waals surface area contributed by atoms with E-state index in [1.54, 1.807) is 6.07 Å². The maximum atomic E-state index is 11.2. The molecule has 0 bridgehead atoms. The molecule has 0 spiro atoms. The van der Waals surface area contributed by atoms with Gasteiger partial charge in [0.15, 0.2) is 0 Å². The minimum atomic E-state index is -3.64. The molecule has 0 amide bonds. The number of fused-ring (bicyclic) bond motifs is 1. The second-order valence-corrected chi connectivity index (χ2v) is 7.85. The first kappa shape index (κ1) is 12.0. The fourth-order valence-electron chi connectivity index (χ4n) is 1.95. The predicted octanol–water partition coefficient (Wildman–Crippen LogP) is 3.28. The van der Waals surface area contributed by atoms with E-state index in [1.165, 1.54) is 17.4 Å². The second-order valence-electron chi connectivity index (χ2n) is 3.98.